The number of hydrogen-bond donors (Lipinski definition) is 6. The van der Waals surface area contributed by atoms with Crippen molar-refractivity contribution in [1.82, 2.24) is 0 Å². The number of aliphatic hydroxyl groups excluding tert-OH is 3. The molecule has 0 radical (unpaired) electrons. The predicted octanol–water partition coefficient (Wildman–Crippen LogP) is 1.06. The summed E-state index contributed by atoms with van der Waals surface area (Å²) in [5.74, 6) is -3.40. The molecule has 3 aliphatic rings. The molecule has 8 atom stereocenters. The number of phenols is 3. The number of phenolic OH excluding ortho intramolecular Hbond substituents is 3. The number of rotatable bonds is 7. The Hall–Kier alpha value is -4.14. The molecule has 13 heteroatoms. The Kier molecular flexibility index (Phi) is 8.38. The number of hydrogen-bond acceptors (Lipinski definition) is 13. The summed E-state index contributed by atoms with van der Waals surface area (Å²) in [5.41, 5.74) is 0.294. The third-order valence-electron chi connectivity index (χ3n) is 7.46. The number of aromatic hydroxyl groups is 3. The Morgan fingerprint density at radius 3 is 2.45 bits per heavy atom. The molecule has 2 saturated heterocycles. The first-order valence-corrected chi connectivity index (χ1v) is 13.1. The van der Waals surface area contributed by atoms with Gasteiger partial charge in [0.1, 0.15) is 41.7 Å². The largest absolute Gasteiger partial charge is 0.508 e. The van der Waals surface area contributed by atoms with E-state index in [0.717, 1.165) is 12.1 Å². The summed E-state index contributed by atoms with van der Waals surface area (Å²) < 4.78 is 27.2. The molecule has 0 bridgehead atoms. The lowest BCUT2D eigenvalue weighted by atomic mass is 9.81. The maximum atomic E-state index is 12.9. The van der Waals surface area contributed by atoms with E-state index in [1.54, 1.807) is 6.08 Å². The Morgan fingerprint density at radius 2 is 1.76 bits per heavy atom. The Labute approximate surface area is 239 Å². The van der Waals surface area contributed by atoms with Crippen LogP contribution in [-0.2, 0) is 28.5 Å². The van der Waals surface area contributed by atoms with E-state index in [0.29, 0.717) is 12.0 Å². The van der Waals surface area contributed by atoms with Crippen LogP contribution in [0.15, 0.2) is 60.9 Å². The van der Waals surface area contributed by atoms with Crippen LogP contribution in [0.2, 0.25) is 0 Å². The molecule has 3 heterocycles. The van der Waals surface area contributed by atoms with Crippen molar-refractivity contribution in [1.29, 1.82) is 0 Å². The fourth-order valence-corrected chi connectivity index (χ4v) is 5.25. The molecule has 5 rings (SSSR count). The maximum absolute atomic E-state index is 12.9. The average Bonchev–Trinajstić information content (AvgIpc) is 2.96. The summed E-state index contributed by atoms with van der Waals surface area (Å²) in [7, 11) is 0. The lowest BCUT2D eigenvalue weighted by molar-refractivity contribution is -0.295. The van der Waals surface area contributed by atoms with Crippen molar-refractivity contribution in [2.24, 2.45) is 11.8 Å². The van der Waals surface area contributed by atoms with Gasteiger partial charge in [0.2, 0.25) is 12.6 Å². The van der Waals surface area contributed by atoms with Crippen LogP contribution in [0.3, 0.4) is 0 Å². The zero-order valence-corrected chi connectivity index (χ0v) is 22.1. The van der Waals surface area contributed by atoms with E-state index in [1.165, 1.54) is 30.5 Å². The SMILES string of the molecule is C=CC1[C@H](OC[C@H]2O[C@@H](OC(=O)c3cc(O)c(-c4cccc(O)c4)c(O)c3)[C@H](O)[C@@H](O)[C@@H]2O)OC=C2C(=O)OCC[C@H]21. The molecule has 2 fully saturated rings. The van der Waals surface area contributed by atoms with E-state index >= 15 is 0 Å². The molecule has 224 valence electrons. The first kappa shape index (κ1) is 29.4. The summed E-state index contributed by atoms with van der Waals surface area (Å²) in [6, 6.07) is 7.78. The van der Waals surface area contributed by atoms with Crippen LogP contribution in [0.4, 0.5) is 0 Å². The van der Waals surface area contributed by atoms with Crippen molar-refractivity contribution in [3.63, 3.8) is 0 Å². The number of esters is 2. The quantitative estimate of drug-likeness (QED) is 0.199. The van der Waals surface area contributed by atoms with Gasteiger partial charge in [0.25, 0.3) is 0 Å². The van der Waals surface area contributed by atoms with Gasteiger partial charge in [0.15, 0.2) is 0 Å². The fourth-order valence-electron chi connectivity index (χ4n) is 5.25. The van der Waals surface area contributed by atoms with Gasteiger partial charge in [0, 0.05) is 11.8 Å². The second kappa shape index (κ2) is 12.0. The number of carbonyl (C=O) groups excluding carboxylic acids is 2. The number of carbonyl (C=O) groups is 2. The minimum absolute atomic E-state index is 0.0398. The number of cyclic esters (lactones) is 1. The zero-order valence-electron chi connectivity index (χ0n) is 22.1. The van der Waals surface area contributed by atoms with Crippen molar-refractivity contribution in [2.75, 3.05) is 13.2 Å². The molecule has 0 spiro atoms. The van der Waals surface area contributed by atoms with Crippen molar-refractivity contribution in [2.45, 2.75) is 43.4 Å². The van der Waals surface area contributed by atoms with Crippen LogP contribution >= 0.6 is 0 Å². The summed E-state index contributed by atoms with van der Waals surface area (Å²) in [6.45, 7) is 3.66. The number of aliphatic hydroxyl groups is 3. The molecule has 2 aromatic rings. The van der Waals surface area contributed by atoms with E-state index < -0.39 is 66.4 Å². The van der Waals surface area contributed by atoms with Crippen LogP contribution in [-0.4, -0.2) is 92.8 Å². The van der Waals surface area contributed by atoms with Gasteiger partial charge in [0.05, 0.1) is 36.2 Å². The van der Waals surface area contributed by atoms with Crippen LogP contribution in [0.5, 0.6) is 17.2 Å². The molecule has 6 N–H and O–H groups in total. The van der Waals surface area contributed by atoms with E-state index in [2.05, 4.69) is 6.58 Å². The second-order valence-electron chi connectivity index (χ2n) is 10.1. The monoisotopic (exact) mass is 586 g/mol. The van der Waals surface area contributed by atoms with E-state index in [1.807, 2.05) is 0 Å². The number of fused-ring (bicyclic) bond motifs is 1. The highest BCUT2D eigenvalue weighted by Crippen LogP contribution is 2.40. The maximum Gasteiger partial charge on any atom is 0.340 e. The molecule has 0 saturated carbocycles. The molecule has 2 aromatic carbocycles. The van der Waals surface area contributed by atoms with Crippen LogP contribution in [0, 0.1) is 11.8 Å². The molecule has 1 unspecified atom stereocenters. The van der Waals surface area contributed by atoms with Gasteiger partial charge in [-0.2, -0.15) is 0 Å². The molecule has 13 nitrogen and oxygen atoms in total. The Balaban J connectivity index is 1.27. The second-order valence-corrected chi connectivity index (χ2v) is 10.1. The minimum Gasteiger partial charge on any atom is -0.508 e. The molecule has 42 heavy (non-hydrogen) atoms. The Bertz CT molecular complexity index is 1360. The molecule has 0 aromatic heterocycles. The van der Waals surface area contributed by atoms with Crippen molar-refractivity contribution >= 4 is 11.9 Å². The zero-order chi connectivity index (χ0) is 30.1. The Morgan fingerprint density at radius 1 is 1.02 bits per heavy atom. The fraction of sp³-hybridized carbons (Fsp3) is 0.379. The van der Waals surface area contributed by atoms with Gasteiger partial charge < -0.3 is 54.3 Å². The lowest BCUT2D eigenvalue weighted by Crippen LogP contribution is -2.60. The summed E-state index contributed by atoms with van der Waals surface area (Å²) >= 11 is 0. The van der Waals surface area contributed by atoms with Gasteiger partial charge >= 0.3 is 11.9 Å². The minimum atomic E-state index is -1.85. The van der Waals surface area contributed by atoms with Crippen LogP contribution in [0.1, 0.15) is 16.8 Å². The molecule has 0 aliphatic carbocycles. The van der Waals surface area contributed by atoms with Gasteiger partial charge in [-0.05, 0) is 36.2 Å². The average molecular weight is 587 g/mol. The third kappa shape index (κ3) is 5.65. The van der Waals surface area contributed by atoms with E-state index in [4.69, 9.17) is 23.7 Å². The topological polar surface area (TPSA) is 202 Å². The predicted molar refractivity (Wildman–Crippen MR) is 141 cm³/mol. The normalized spacial score (nSPS) is 30.7. The van der Waals surface area contributed by atoms with Crippen LogP contribution < -0.4 is 0 Å². The van der Waals surface area contributed by atoms with Gasteiger partial charge in [-0.15, -0.1) is 6.58 Å². The van der Waals surface area contributed by atoms with E-state index in [9.17, 15) is 40.2 Å². The standard InChI is InChI=1S/C29H30O13/c1-2-16-17-6-7-38-27(37)18(17)11-39-28(16)40-12-21-23(33)24(34)25(35)29(41-21)42-26(36)14-9-19(31)22(20(32)10-14)13-4-3-5-15(30)8-13/h2-5,8-11,16-17,21,23-25,28-35H,1,6-7,12H2/t16?,17-,21+,23+,24-,25+,28-,29-/m0/s1. The first-order chi connectivity index (χ1) is 20.1. The van der Waals surface area contributed by atoms with Gasteiger partial charge in [-0.1, -0.05) is 18.2 Å². The highest BCUT2D eigenvalue weighted by Gasteiger charge is 2.47. The van der Waals surface area contributed by atoms with Crippen LogP contribution in [0.25, 0.3) is 11.1 Å². The lowest BCUT2D eigenvalue weighted by Gasteiger charge is -2.41. The highest BCUT2D eigenvalue weighted by molar-refractivity contribution is 5.93. The molecule has 0 amide bonds. The summed E-state index contributed by atoms with van der Waals surface area (Å²) in [4.78, 5) is 24.9. The van der Waals surface area contributed by atoms with Crippen molar-refractivity contribution < 1.29 is 63.9 Å². The highest BCUT2D eigenvalue weighted by atomic mass is 16.7. The smallest absolute Gasteiger partial charge is 0.340 e. The molecular weight excluding hydrogens is 556 g/mol. The van der Waals surface area contributed by atoms with Gasteiger partial charge in [-0.3, -0.25) is 0 Å². The van der Waals surface area contributed by atoms with Crippen molar-refractivity contribution in [3.05, 3.63) is 66.5 Å². The van der Waals surface area contributed by atoms with Crippen molar-refractivity contribution in [3.8, 4) is 28.4 Å². The summed E-state index contributed by atoms with van der Waals surface area (Å²) in [5, 5.41) is 62.1. The summed E-state index contributed by atoms with van der Waals surface area (Å²) in [6.07, 6.45) is -5.86. The van der Waals surface area contributed by atoms with E-state index in [-0.39, 0.29) is 41.6 Å². The van der Waals surface area contributed by atoms with Gasteiger partial charge in [-0.25, -0.2) is 9.59 Å². The first-order valence-electron chi connectivity index (χ1n) is 13.1. The molecular formula is C29H30O13. The number of ether oxygens (including phenoxy) is 5. The molecule has 3 aliphatic heterocycles. The third-order valence-corrected chi connectivity index (χ3v) is 7.46. The number of benzene rings is 2.